The van der Waals surface area contributed by atoms with Crippen LogP contribution in [0.3, 0.4) is 0 Å². The summed E-state index contributed by atoms with van der Waals surface area (Å²) in [7, 11) is 0. The van der Waals surface area contributed by atoms with Crippen molar-refractivity contribution in [2.24, 2.45) is 0 Å². The number of carboxylic acids is 1. The molecule has 1 aliphatic heterocycles. The highest BCUT2D eigenvalue weighted by Gasteiger charge is 2.32. The number of carboxylic acid groups (broad SMARTS) is 1. The van der Waals surface area contributed by atoms with Crippen LogP contribution >= 0.6 is 11.3 Å². The van der Waals surface area contributed by atoms with Crippen molar-refractivity contribution in [2.45, 2.75) is 31.7 Å². The normalized spacial score (nSPS) is 17.7. The van der Waals surface area contributed by atoms with Gasteiger partial charge in [0.05, 0.1) is 12.1 Å². The number of thiazole rings is 1. The Morgan fingerprint density at radius 2 is 2.21 bits per heavy atom. The summed E-state index contributed by atoms with van der Waals surface area (Å²) >= 11 is 1.34. The summed E-state index contributed by atoms with van der Waals surface area (Å²) in [6, 6.07) is 5.40. The number of carbonyl (C=O) groups excluding carboxylic acids is 1. The molecule has 2 heterocycles. The molecule has 0 bridgehead atoms. The molecule has 3 rings (SSSR count). The van der Waals surface area contributed by atoms with Crippen molar-refractivity contribution in [2.75, 3.05) is 6.54 Å². The number of hydrogen-bond acceptors (Lipinski definition) is 4. The van der Waals surface area contributed by atoms with Gasteiger partial charge in [-0.15, -0.1) is 11.3 Å². The molecule has 2 aromatic rings. The third-order valence-corrected chi connectivity index (χ3v) is 5.00. The molecule has 0 spiro atoms. The van der Waals surface area contributed by atoms with E-state index >= 15 is 0 Å². The maximum Gasteiger partial charge on any atom is 0.326 e. The third kappa shape index (κ3) is 3.62. The smallest absolute Gasteiger partial charge is 0.326 e. The average molecular weight is 348 g/mol. The lowest BCUT2D eigenvalue weighted by molar-refractivity contribution is -0.151. The Hall–Kier alpha value is -2.28. The second kappa shape index (κ2) is 7.09. The maximum atomic E-state index is 13.3. The number of likely N-dealkylation sites (tertiary alicyclic amines) is 1. The van der Waals surface area contributed by atoms with E-state index in [9.17, 15) is 19.1 Å². The molecule has 1 aromatic carbocycles. The summed E-state index contributed by atoms with van der Waals surface area (Å²) < 4.78 is 13.3. The molecule has 7 heteroatoms. The molecule has 1 saturated heterocycles. The van der Waals surface area contributed by atoms with Crippen LogP contribution in [0.25, 0.3) is 10.6 Å². The zero-order valence-corrected chi connectivity index (χ0v) is 13.8. The van der Waals surface area contributed by atoms with Crippen molar-refractivity contribution >= 4 is 23.2 Å². The monoisotopic (exact) mass is 348 g/mol. The molecule has 1 aliphatic rings. The number of piperidine rings is 1. The molecular formula is C17H17FN2O3S. The summed E-state index contributed by atoms with van der Waals surface area (Å²) in [6.45, 7) is 0.469. The molecule has 0 radical (unpaired) electrons. The average Bonchev–Trinajstić information content (AvgIpc) is 3.03. The van der Waals surface area contributed by atoms with E-state index < -0.39 is 12.0 Å². The molecule has 1 fully saturated rings. The van der Waals surface area contributed by atoms with Crippen LogP contribution in [0.1, 0.15) is 25.0 Å². The van der Waals surface area contributed by atoms with Gasteiger partial charge >= 0.3 is 5.97 Å². The van der Waals surface area contributed by atoms with Gasteiger partial charge in [-0.2, -0.15) is 0 Å². The Bertz CT molecular complexity index is 762. The number of aliphatic carboxylic acids is 1. The summed E-state index contributed by atoms with van der Waals surface area (Å²) in [5.41, 5.74) is 1.25. The van der Waals surface area contributed by atoms with Gasteiger partial charge in [0.1, 0.15) is 16.9 Å². The standard InChI is InChI=1S/C17H17FN2O3S/c18-12-5-3-4-11(8-12)16-19-13(10-24-16)9-15(21)20-7-2-1-6-14(20)17(22)23/h3-5,8,10,14H,1-2,6-7,9H2,(H,22,23). The molecule has 1 amide bonds. The van der Waals surface area contributed by atoms with Gasteiger partial charge in [-0.25, -0.2) is 14.2 Å². The fraction of sp³-hybridized carbons (Fsp3) is 0.353. The minimum Gasteiger partial charge on any atom is -0.480 e. The zero-order chi connectivity index (χ0) is 17.1. The summed E-state index contributed by atoms with van der Waals surface area (Å²) in [5, 5.41) is 11.7. The van der Waals surface area contributed by atoms with Gasteiger partial charge in [-0.1, -0.05) is 12.1 Å². The van der Waals surface area contributed by atoms with E-state index in [1.807, 2.05) is 0 Å². The molecule has 5 nitrogen and oxygen atoms in total. The third-order valence-electron chi connectivity index (χ3n) is 4.06. The first-order chi connectivity index (χ1) is 11.5. The number of halogens is 1. The minimum atomic E-state index is -0.957. The topological polar surface area (TPSA) is 70.5 Å². The van der Waals surface area contributed by atoms with Crippen LogP contribution in [-0.2, 0) is 16.0 Å². The van der Waals surface area contributed by atoms with Crippen LogP contribution in [-0.4, -0.2) is 39.5 Å². The van der Waals surface area contributed by atoms with E-state index in [-0.39, 0.29) is 18.1 Å². The van der Waals surface area contributed by atoms with Crippen molar-refractivity contribution in [3.8, 4) is 10.6 Å². The lowest BCUT2D eigenvalue weighted by Crippen LogP contribution is -2.48. The molecule has 1 atom stereocenters. The molecule has 1 aromatic heterocycles. The van der Waals surface area contributed by atoms with Crippen LogP contribution in [0.2, 0.25) is 0 Å². The number of rotatable bonds is 4. The highest BCUT2D eigenvalue weighted by atomic mass is 32.1. The van der Waals surface area contributed by atoms with E-state index in [1.54, 1.807) is 17.5 Å². The van der Waals surface area contributed by atoms with Crippen LogP contribution in [0.15, 0.2) is 29.6 Å². The van der Waals surface area contributed by atoms with Crippen molar-refractivity contribution in [1.82, 2.24) is 9.88 Å². The number of amides is 1. The van der Waals surface area contributed by atoms with Gasteiger partial charge in [-0.3, -0.25) is 4.79 Å². The lowest BCUT2D eigenvalue weighted by atomic mass is 10.0. The highest BCUT2D eigenvalue weighted by molar-refractivity contribution is 7.13. The quantitative estimate of drug-likeness (QED) is 0.922. The largest absolute Gasteiger partial charge is 0.480 e. The van der Waals surface area contributed by atoms with Crippen molar-refractivity contribution in [3.05, 3.63) is 41.2 Å². The molecule has 1 unspecified atom stereocenters. The molecule has 24 heavy (non-hydrogen) atoms. The highest BCUT2D eigenvalue weighted by Crippen LogP contribution is 2.25. The van der Waals surface area contributed by atoms with Crippen LogP contribution in [0.4, 0.5) is 4.39 Å². The summed E-state index contributed by atoms with van der Waals surface area (Å²) in [6.07, 6.45) is 2.20. The first-order valence-corrected chi connectivity index (χ1v) is 8.65. The Morgan fingerprint density at radius 3 is 2.96 bits per heavy atom. The first kappa shape index (κ1) is 16.6. The van der Waals surface area contributed by atoms with Gasteiger partial charge < -0.3 is 10.0 Å². The van der Waals surface area contributed by atoms with Crippen molar-refractivity contribution < 1.29 is 19.1 Å². The lowest BCUT2D eigenvalue weighted by Gasteiger charge is -2.32. The Kier molecular flexibility index (Phi) is 4.89. The van der Waals surface area contributed by atoms with E-state index in [1.165, 1.54) is 28.4 Å². The number of hydrogen-bond donors (Lipinski definition) is 1. The number of nitrogens with zero attached hydrogens (tertiary/aromatic N) is 2. The van der Waals surface area contributed by atoms with Crippen LogP contribution in [0.5, 0.6) is 0 Å². The molecule has 1 N–H and O–H groups in total. The molecule has 0 saturated carbocycles. The van der Waals surface area contributed by atoms with E-state index in [0.717, 1.165) is 12.8 Å². The Morgan fingerprint density at radius 1 is 1.38 bits per heavy atom. The van der Waals surface area contributed by atoms with Gasteiger partial charge in [0.25, 0.3) is 0 Å². The molecule has 0 aliphatic carbocycles. The SMILES string of the molecule is O=C(O)C1CCCCN1C(=O)Cc1csc(-c2cccc(F)c2)n1. The minimum absolute atomic E-state index is 0.0651. The van der Waals surface area contributed by atoms with E-state index in [4.69, 9.17) is 0 Å². The Balaban J connectivity index is 1.72. The molecular weight excluding hydrogens is 331 g/mol. The van der Waals surface area contributed by atoms with Crippen molar-refractivity contribution in [3.63, 3.8) is 0 Å². The van der Waals surface area contributed by atoms with Gasteiger partial charge in [0.2, 0.25) is 5.91 Å². The fourth-order valence-electron chi connectivity index (χ4n) is 2.89. The summed E-state index contributed by atoms with van der Waals surface area (Å²) in [4.78, 5) is 29.6. The van der Waals surface area contributed by atoms with E-state index in [0.29, 0.717) is 29.2 Å². The summed E-state index contributed by atoms with van der Waals surface area (Å²) in [5.74, 6) is -1.52. The second-order valence-corrected chi connectivity index (χ2v) is 6.63. The van der Waals surface area contributed by atoms with E-state index in [2.05, 4.69) is 4.98 Å². The number of benzene rings is 1. The first-order valence-electron chi connectivity index (χ1n) is 7.77. The number of aromatic nitrogens is 1. The zero-order valence-electron chi connectivity index (χ0n) is 12.9. The van der Waals surface area contributed by atoms with Crippen molar-refractivity contribution in [1.29, 1.82) is 0 Å². The molecule has 126 valence electrons. The predicted molar refractivity (Wildman–Crippen MR) is 88.2 cm³/mol. The predicted octanol–water partition coefficient (Wildman–Crippen LogP) is 2.96. The van der Waals surface area contributed by atoms with Gasteiger partial charge in [0, 0.05) is 17.5 Å². The van der Waals surface area contributed by atoms with Crippen LogP contribution < -0.4 is 0 Å². The Labute approximate surface area is 142 Å². The maximum absolute atomic E-state index is 13.3. The number of carbonyl (C=O) groups is 2. The van der Waals surface area contributed by atoms with Gasteiger partial charge in [0.15, 0.2) is 0 Å². The fourth-order valence-corrected chi connectivity index (χ4v) is 3.70. The van der Waals surface area contributed by atoms with Gasteiger partial charge in [-0.05, 0) is 31.4 Å². The second-order valence-electron chi connectivity index (χ2n) is 5.77. The van der Waals surface area contributed by atoms with Crippen LogP contribution in [0, 0.1) is 5.82 Å².